The van der Waals surface area contributed by atoms with Gasteiger partial charge in [-0.15, -0.1) is 0 Å². The summed E-state index contributed by atoms with van der Waals surface area (Å²) < 4.78 is 29.2. The van der Waals surface area contributed by atoms with Crippen LogP contribution in [0.15, 0.2) is 77.7 Å². The fourth-order valence-electron chi connectivity index (χ4n) is 3.97. The molecule has 0 saturated heterocycles. The largest absolute Gasteiger partial charge is 0.450 e. The average Bonchev–Trinajstić information content (AvgIpc) is 2.91. The molecule has 0 aliphatic rings. The second-order valence-corrected chi connectivity index (χ2v) is 11.1. The van der Waals surface area contributed by atoms with Crippen molar-refractivity contribution in [2.24, 2.45) is 5.92 Å². The number of benzene rings is 3. The van der Waals surface area contributed by atoms with Crippen LogP contribution in [-0.4, -0.2) is 45.2 Å². The highest BCUT2D eigenvalue weighted by atomic mass is 32.2. The number of hydrogen-bond acceptors (Lipinski definition) is 7. The quantitative estimate of drug-likeness (QED) is 0.200. The Bertz CT molecular complexity index is 1440. The van der Waals surface area contributed by atoms with Crippen molar-refractivity contribution >= 4 is 39.0 Å². The second-order valence-electron chi connectivity index (χ2n) is 9.14. The van der Waals surface area contributed by atoms with Crippen LogP contribution >= 0.6 is 0 Å². The van der Waals surface area contributed by atoms with E-state index in [-0.39, 0.29) is 29.2 Å². The first-order chi connectivity index (χ1) is 18.5. The molecule has 2 amide bonds. The minimum atomic E-state index is -3.40. The van der Waals surface area contributed by atoms with Crippen molar-refractivity contribution in [2.45, 2.75) is 38.1 Å². The van der Waals surface area contributed by atoms with Gasteiger partial charge in [-0.25, -0.2) is 13.2 Å². The number of amides is 2. The summed E-state index contributed by atoms with van der Waals surface area (Å²) in [4.78, 5) is 25.2. The number of amidine groups is 1. The molecule has 2 atom stereocenters. The molecule has 206 valence electrons. The number of sulfone groups is 1. The van der Waals surface area contributed by atoms with Gasteiger partial charge in [-0.2, -0.15) is 0 Å². The molecule has 0 aliphatic heterocycles. The van der Waals surface area contributed by atoms with E-state index < -0.39 is 22.0 Å². The molecule has 0 aliphatic carbocycles. The maximum Gasteiger partial charge on any atom is 0.412 e. The van der Waals surface area contributed by atoms with Crippen molar-refractivity contribution in [2.75, 3.05) is 23.5 Å². The average molecular weight is 551 g/mol. The van der Waals surface area contributed by atoms with Gasteiger partial charge in [-0.3, -0.25) is 15.5 Å². The second kappa shape index (κ2) is 13.1. The Morgan fingerprint density at radius 3 is 2.28 bits per heavy atom. The molecule has 3 aromatic rings. The maximum absolute atomic E-state index is 13.3. The minimum Gasteiger partial charge on any atom is -0.450 e. The normalized spacial score (nSPS) is 12.6. The number of carbonyl (C=O) groups excluding carboxylic acids is 2. The topological polar surface area (TPSA) is 137 Å². The van der Waals surface area contributed by atoms with Crippen molar-refractivity contribution in [3.63, 3.8) is 0 Å². The van der Waals surface area contributed by atoms with Gasteiger partial charge in [0, 0.05) is 28.8 Å². The van der Waals surface area contributed by atoms with Crippen molar-refractivity contribution in [1.29, 1.82) is 5.41 Å². The van der Waals surface area contributed by atoms with Crippen LogP contribution in [0, 0.1) is 11.3 Å². The Balaban J connectivity index is 1.76. The number of carbonyl (C=O) groups is 2. The molecular formula is C29H34N4O5S. The third-order valence-electron chi connectivity index (χ3n) is 6.22. The molecule has 10 heteroatoms. The third kappa shape index (κ3) is 7.90. The van der Waals surface area contributed by atoms with Crippen molar-refractivity contribution in [3.8, 4) is 11.1 Å². The number of anilines is 2. The molecule has 0 bridgehead atoms. The van der Waals surface area contributed by atoms with Gasteiger partial charge >= 0.3 is 6.09 Å². The van der Waals surface area contributed by atoms with E-state index in [1.807, 2.05) is 13.8 Å². The van der Waals surface area contributed by atoms with E-state index in [4.69, 9.17) is 10.1 Å². The maximum atomic E-state index is 13.3. The zero-order valence-corrected chi connectivity index (χ0v) is 23.3. The summed E-state index contributed by atoms with van der Waals surface area (Å²) in [5.74, 6) is -0.371. The van der Waals surface area contributed by atoms with Gasteiger partial charge in [-0.05, 0) is 48.7 Å². The van der Waals surface area contributed by atoms with E-state index in [1.54, 1.807) is 79.7 Å². The van der Waals surface area contributed by atoms with Gasteiger partial charge in [0.05, 0.1) is 11.5 Å². The van der Waals surface area contributed by atoms with Crippen molar-refractivity contribution in [3.05, 3.63) is 78.4 Å². The SMILES string of the molecule is CCOC(=O)NC(=N)c1cccc(N[C@H](C(=O)Nc2ccc(-c3ccccc3S(C)(=O)=O)cc2)C(C)CC)c1. The molecule has 4 N–H and O–H groups in total. The minimum absolute atomic E-state index is 0.0216. The summed E-state index contributed by atoms with van der Waals surface area (Å²) in [7, 11) is -3.40. The fraction of sp³-hybridized carbons (Fsp3) is 0.276. The highest BCUT2D eigenvalue weighted by Crippen LogP contribution is 2.28. The van der Waals surface area contributed by atoms with Crippen LogP contribution in [0.25, 0.3) is 11.1 Å². The van der Waals surface area contributed by atoms with Crippen LogP contribution in [0.2, 0.25) is 0 Å². The molecule has 3 rings (SSSR count). The molecule has 0 radical (unpaired) electrons. The summed E-state index contributed by atoms with van der Waals surface area (Å²) >= 11 is 0. The third-order valence-corrected chi connectivity index (χ3v) is 7.38. The van der Waals surface area contributed by atoms with Gasteiger partial charge < -0.3 is 15.4 Å². The number of nitrogens with one attached hydrogen (secondary N) is 4. The molecule has 3 aromatic carbocycles. The Labute approximate surface area is 229 Å². The van der Waals surface area contributed by atoms with E-state index >= 15 is 0 Å². The molecule has 0 heterocycles. The number of rotatable bonds is 10. The van der Waals surface area contributed by atoms with Crippen LogP contribution in [0.3, 0.4) is 0 Å². The van der Waals surface area contributed by atoms with E-state index in [1.165, 1.54) is 6.26 Å². The molecule has 0 fully saturated rings. The Morgan fingerprint density at radius 1 is 0.949 bits per heavy atom. The van der Waals surface area contributed by atoms with Gasteiger partial charge in [-0.1, -0.05) is 62.7 Å². The molecule has 1 unspecified atom stereocenters. The highest BCUT2D eigenvalue weighted by Gasteiger charge is 2.24. The standard InChI is InChI=1S/C29H34N4O5S/c1-5-19(3)26(31-23-11-9-10-21(18-23)27(30)33-29(35)38-6-2)28(34)32-22-16-14-20(15-17-22)24-12-7-8-13-25(24)39(4,36)37/h7-19,26,31H,5-6H2,1-4H3,(H,32,34)(H2,30,33,35)/t19?,26-/m0/s1. The summed E-state index contributed by atoms with van der Waals surface area (Å²) in [5.41, 5.74) is 2.98. The van der Waals surface area contributed by atoms with E-state index in [2.05, 4.69) is 16.0 Å². The Morgan fingerprint density at radius 2 is 1.64 bits per heavy atom. The van der Waals surface area contributed by atoms with E-state index in [0.717, 1.165) is 12.0 Å². The van der Waals surface area contributed by atoms with Gasteiger partial charge in [0.1, 0.15) is 11.9 Å². The smallest absolute Gasteiger partial charge is 0.412 e. The Hall–Kier alpha value is -4.18. The molecule has 0 spiro atoms. The van der Waals surface area contributed by atoms with Crippen molar-refractivity contribution in [1.82, 2.24) is 5.32 Å². The Kier molecular flexibility index (Phi) is 9.84. The molecule has 0 saturated carbocycles. The first-order valence-electron chi connectivity index (χ1n) is 12.6. The number of ether oxygens (including phenoxy) is 1. The summed E-state index contributed by atoms with van der Waals surface area (Å²) in [6.45, 7) is 5.84. The zero-order valence-electron chi connectivity index (χ0n) is 22.4. The van der Waals surface area contributed by atoms with Crippen LogP contribution in [0.1, 0.15) is 32.8 Å². The molecule has 0 aromatic heterocycles. The van der Waals surface area contributed by atoms with E-state index in [9.17, 15) is 18.0 Å². The monoisotopic (exact) mass is 550 g/mol. The summed E-state index contributed by atoms with van der Waals surface area (Å²) in [6, 6.07) is 20.1. The summed E-state index contributed by atoms with van der Waals surface area (Å²) in [6.07, 6.45) is 1.22. The fourth-order valence-corrected chi connectivity index (χ4v) is 4.88. The van der Waals surface area contributed by atoms with Crippen LogP contribution < -0.4 is 16.0 Å². The number of alkyl carbamates (subject to hydrolysis) is 1. The van der Waals surface area contributed by atoms with E-state index in [0.29, 0.717) is 22.5 Å². The molecular weight excluding hydrogens is 516 g/mol. The molecule has 39 heavy (non-hydrogen) atoms. The lowest BCUT2D eigenvalue weighted by Crippen LogP contribution is -2.39. The lowest BCUT2D eigenvalue weighted by Gasteiger charge is -2.25. The lowest BCUT2D eigenvalue weighted by atomic mass is 9.97. The van der Waals surface area contributed by atoms with Crippen molar-refractivity contribution < 1.29 is 22.7 Å². The summed E-state index contributed by atoms with van der Waals surface area (Å²) in [5, 5.41) is 16.7. The number of hydrogen-bond donors (Lipinski definition) is 4. The van der Waals surface area contributed by atoms with Gasteiger partial charge in [0.15, 0.2) is 9.84 Å². The van der Waals surface area contributed by atoms with Crippen LogP contribution in [-0.2, 0) is 19.4 Å². The van der Waals surface area contributed by atoms with Gasteiger partial charge in [0.2, 0.25) is 5.91 Å². The van der Waals surface area contributed by atoms with Crippen LogP contribution in [0.4, 0.5) is 16.2 Å². The predicted octanol–water partition coefficient (Wildman–Crippen LogP) is 5.29. The highest BCUT2D eigenvalue weighted by molar-refractivity contribution is 7.90. The first-order valence-corrected chi connectivity index (χ1v) is 14.5. The zero-order chi connectivity index (χ0) is 28.6. The van der Waals surface area contributed by atoms with Gasteiger partial charge in [0.25, 0.3) is 0 Å². The lowest BCUT2D eigenvalue weighted by molar-refractivity contribution is -0.117. The first kappa shape index (κ1) is 29.4. The predicted molar refractivity (Wildman–Crippen MR) is 154 cm³/mol. The van der Waals surface area contributed by atoms with Crippen LogP contribution in [0.5, 0.6) is 0 Å². The molecule has 9 nitrogen and oxygen atoms in total.